The van der Waals surface area contributed by atoms with E-state index in [2.05, 4.69) is 31.3 Å². The summed E-state index contributed by atoms with van der Waals surface area (Å²) in [5.74, 6) is 1.70. The quantitative estimate of drug-likeness (QED) is 0.490. The molecule has 13 heavy (non-hydrogen) atoms. The maximum atomic E-state index is 3.44. The topological polar surface area (TPSA) is 12.0 Å². The molecule has 0 radical (unpaired) electrons. The summed E-state index contributed by atoms with van der Waals surface area (Å²) >= 11 is 0. The fourth-order valence-electron chi connectivity index (χ4n) is 1.50. The number of rotatable bonds is 6. The third-order valence-electron chi connectivity index (χ3n) is 2.60. The van der Waals surface area contributed by atoms with Crippen LogP contribution in [-0.4, -0.2) is 13.1 Å². The number of hydrogen-bond donors (Lipinski definition) is 1. The normalized spacial score (nSPS) is 18.4. The second kappa shape index (κ2) is 6.20. The smallest absolute Gasteiger partial charge is 0.00142 e. The van der Waals surface area contributed by atoms with Crippen LogP contribution in [-0.2, 0) is 0 Å². The van der Waals surface area contributed by atoms with Crippen molar-refractivity contribution in [1.29, 1.82) is 0 Å². The number of allylic oxidation sites excluding steroid dienone is 1. The van der Waals surface area contributed by atoms with Gasteiger partial charge in [-0.05, 0) is 44.2 Å². The van der Waals surface area contributed by atoms with Crippen LogP contribution in [0.1, 0.15) is 39.5 Å². The second-order valence-corrected chi connectivity index (χ2v) is 4.51. The first kappa shape index (κ1) is 10.8. The van der Waals surface area contributed by atoms with E-state index in [9.17, 15) is 0 Å². The molecule has 1 heteroatoms. The maximum Gasteiger partial charge on any atom is -0.00142 e. The minimum Gasteiger partial charge on any atom is -0.316 e. The summed E-state index contributed by atoms with van der Waals surface area (Å²) in [6, 6.07) is 0. The van der Waals surface area contributed by atoms with E-state index in [-0.39, 0.29) is 0 Å². The van der Waals surface area contributed by atoms with Gasteiger partial charge in [0.15, 0.2) is 0 Å². The molecule has 0 aromatic carbocycles. The van der Waals surface area contributed by atoms with Crippen LogP contribution in [0.4, 0.5) is 0 Å². The Labute approximate surface area is 82.6 Å². The van der Waals surface area contributed by atoms with Crippen LogP contribution < -0.4 is 5.32 Å². The highest BCUT2D eigenvalue weighted by Gasteiger charge is 2.12. The Balaban J connectivity index is 1.85. The van der Waals surface area contributed by atoms with Crippen molar-refractivity contribution in [3.8, 4) is 0 Å². The van der Waals surface area contributed by atoms with Crippen molar-refractivity contribution in [1.82, 2.24) is 5.32 Å². The maximum absolute atomic E-state index is 3.44. The van der Waals surface area contributed by atoms with Crippen molar-refractivity contribution in [2.75, 3.05) is 13.1 Å². The van der Waals surface area contributed by atoms with Gasteiger partial charge in [-0.3, -0.25) is 0 Å². The molecule has 1 nitrogen and oxygen atoms in total. The summed E-state index contributed by atoms with van der Waals surface area (Å²) in [7, 11) is 0. The summed E-state index contributed by atoms with van der Waals surface area (Å²) in [5.41, 5.74) is 0. The standard InChI is InChI=1S/C12H23N/c1-11(2)10-13-9-4-3-6-12-7-5-8-12/h3,6,11-13H,4-5,7-10H2,1-2H3/b6-3+. The molecule has 1 fully saturated rings. The third-order valence-corrected chi connectivity index (χ3v) is 2.60. The van der Waals surface area contributed by atoms with Crippen molar-refractivity contribution < 1.29 is 0 Å². The summed E-state index contributed by atoms with van der Waals surface area (Å²) in [6.07, 6.45) is 10.2. The Hall–Kier alpha value is -0.300. The van der Waals surface area contributed by atoms with E-state index in [4.69, 9.17) is 0 Å². The van der Waals surface area contributed by atoms with Gasteiger partial charge in [0.25, 0.3) is 0 Å². The first-order valence-corrected chi connectivity index (χ1v) is 5.66. The highest BCUT2D eigenvalue weighted by Crippen LogP contribution is 2.27. The lowest BCUT2D eigenvalue weighted by Gasteiger charge is -2.21. The van der Waals surface area contributed by atoms with E-state index in [1.165, 1.54) is 25.7 Å². The molecule has 1 saturated carbocycles. The van der Waals surface area contributed by atoms with Crippen molar-refractivity contribution in [2.45, 2.75) is 39.5 Å². The van der Waals surface area contributed by atoms with Crippen LogP contribution in [0, 0.1) is 11.8 Å². The van der Waals surface area contributed by atoms with Crippen LogP contribution in [0.15, 0.2) is 12.2 Å². The third kappa shape index (κ3) is 5.09. The van der Waals surface area contributed by atoms with Gasteiger partial charge in [0, 0.05) is 0 Å². The lowest BCUT2D eigenvalue weighted by molar-refractivity contribution is 0.387. The van der Waals surface area contributed by atoms with Gasteiger partial charge in [-0.25, -0.2) is 0 Å². The Morgan fingerprint density at radius 3 is 2.69 bits per heavy atom. The molecule has 0 unspecified atom stereocenters. The fraction of sp³-hybridized carbons (Fsp3) is 0.833. The van der Waals surface area contributed by atoms with E-state index in [0.29, 0.717) is 0 Å². The van der Waals surface area contributed by atoms with E-state index >= 15 is 0 Å². The van der Waals surface area contributed by atoms with Crippen LogP contribution in [0.2, 0.25) is 0 Å². The van der Waals surface area contributed by atoms with Gasteiger partial charge in [-0.2, -0.15) is 0 Å². The zero-order valence-corrected chi connectivity index (χ0v) is 9.05. The number of nitrogens with one attached hydrogen (secondary N) is 1. The van der Waals surface area contributed by atoms with Gasteiger partial charge in [-0.1, -0.05) is 32.4 Å². The molecule has 0 amide bonds. The monoisotopic (exact) mass is 181 g/mol. The van der Waals surface area contributed by atoms with Gasteiger partial charge in [-0.15, -0.1) is 0 Å². The molecule has 0 heterocycles. The van der Waals surface area contributed by atoms with Crippen LogP contribution in [0.25, 0.3) is 0 Å². The predicted molar refractivity (Wildman–Crippen MR) is 58.8 cm³/mol. The lowest BCUT2D eigenvalue weighted by Crippen LogP contribution is -2.20. The summed E-state index contributed by atoms with van der Waals surface area (Å²) in [4.78, 5) is 0. The SMILES string of the molecule is CC(C)CNCC/C=C/C1CCC1. The van der Waals surface area contributed by atoms with Crippen molar-refractivity contribution >= 4 is 0 Å². The summed E-state index contributed by atoms with van der Waals surface area (Å²) in [5, 5.41) is 3.44. The van der Waals surface area contributed by atoms with E-state index in [0.717, 1.165) is 24.9 Å². The zero-order chi connectivity index (χ0) is 9.52. The van der Waals surface area contributed by atoms with Crippen LogP contribution in [0.3, 0.4) is 0 Å². The highest BCUT2D eigenvalue weighted by atomic mass is 14.8. The molecule has 1 rings (SSSR count). The summed E-state index contributed by atoms with van der Waals surface area (Å²) in [6.45, 7) is 6.78. The van der Waals surface area contributed by atoms with Gasteiger partial charge in [0.1, 0.15) is 0 Å². The Morgan fingerprint density at radius 2 is 2.15 bits per heavy atom. The van der Waals surface area contributed by atoms with E-state index < -0.39 is 0 Å². The molecule has 0 spiro atoms. The van der Waals surface area contributed by atoms with Crippen molar-refractivity contribution in [3.63, 3.8) is 0 Å². The molecule has 0 atom stereocenters. The van der Waals surface area contributed by atoms with Crippen molar-refractivity contribution in [3.05, 3.63) is 12.2 Å². The molecule has 0 aromatic heterocycles. The molecule has 0 saturated heterocycles. The Morgan fingerprint density at radius 1 is 1.38 bits per heavy atom. The number of hydrogen-bond acceptors (Lipinski definition) is 1. The van der Waals surface area contributed by atoms with E-state index in [1.807, 2.05) is 0 Å². The van der Waals surface area contributed by atoms with Crippen LogP contribution >= 0.6 is 0 Å². The first-order chi connectivity index (χ1) is 6.29. The lowest BCUT2D eigenvalue weighted by atomic mass is 9.85. The van der Waals surface area contributed by atoms with Gasteiger partial charge in [0.2, 0.25) is 0 Å². The molecule has 1 aliphatic carbocycles. The molecule has 0 bridgehead atoms. The second-order valence-electron chi connectivity index (χ2n) is 4.51. The molecular weight excluding hydrogens is 158 g/mol. The zero-order valence-electron chi connectivity index (χ0n) is 9.05. The predicted octanol–water partition coefficient (Wildman–Crippen LogP) is 2.98. The van der Waals surface area contributed by atoms with E-state index in [1.54, 1.807) is 0 Å². The Kier molecular flexibility index (Phi) is 5.14. The first-order valence-electron chi connectivity index (χ1n) is 5.66. The van der Waals surface area contributed by atoms with Crippen LogP contribution in [0.5, 0.6) is 0 Å². The average molecular weight is 181 g/mol. The molecule has 1 N–H and O–H groups in total. The van der Waals surface area contributed by atoms with Gasteiger partial charge < -0.3 is 5.32 Å². The largest absolute Gasteiger partial charge is 0.316 e. The van der Waals surface area contributed by atoms with Gasteiger partial charge in [0.05, 0.1) is 0 Å². The molecule has 76 valence electrons. The fourth-order valence-corrected chi connectivity index (χ4v) is 1.50. The molecular formula is C12H23N. The minimum absolute atomic E-state index is 0.774. The molecule has 0 aromatic rings. The molecule has 1 aliphatic rings. The van der Waals surface area contributed by atoms with Gasteiger partial charge >= 0.3 is 0 Å². The highest BCUT2D eigenvalue weighted by molar-refractivity contribution is 4.92. The Bertz CT molecular complexity index is 145. The minimum atomic E-state index is 0.774. The van der Waals surface area contributed by atoms with Crippen molar-refractivity contribution in [2.24, 2.45) is 11.8 Å². The summed E-state index contributed by atoms with van der Waals surface area (Å²) < 4.78 is 0. The average Bonchev–Trinajstić information content (AvgIpc) is 1.99. The molecule has 0 aliphatic heterocycles.